The molecule has 0 spiro atoms. The van der Waals surface area contributed by atoms with E-state index >= 15 is 0 Å². The van der Waals surface area contributed by atoms with Crippen LogP contribution in [0.2, 0.25) is 5.02 Å². The first-order valence-electron chi connectivity index (χ1n) is 8.44. The molecule has 5 nitrogen and oxygen atoms in total. The van der Waals surface area contributed by atoms with Crippen molar-refractivity contribution in [1.29, 1.82) is 0 Å². The zero-order valence-corrected chi connectivity index (χ0v) is 15.1. The molecule has 1 aliphatic rings. The number of hydrogen-bond donors (Lipinski definition) is 1. The lowest BCUT2D eigenvalue weighted by Gasteiger charge is -2.18. The van der Waals surface area contributed by atoms with Crippen LogP contribution in [0.25, 0.3) is 11.3 Å². The third kappa shape index (κ3) is 3.06. The molecule has 0 radical (unpaired) electrons. The molecule has 3 aromatic rings. The third-order valence-corrected chi connectivity index (χ3v) is 4.74. The Bertz CT molecular complexity index is 964. The molecule has 1 aromatic heterocycles. The summed E-state index contributed by atoms with van der Waals surface area (Å²) < 4.78 is 7.55. The molecule has 6 heteroatoms. The van der Waals surface area contributed by atoms with Gasteiger partial charge < -0.3 is 10.1 Å². The minimum Gasteiger partial charge on any atom is -0.488 e. The van der Waals surface area contributed by atoms with E-state index in [2.05, 4.69) is 10.4 Å². The third-order valence-electron chi connectivity index (χ3n) is 4.49. The lowest BCUT2D eigenvalue weighted by Crippen LogP contribution is -2.27. The van der Waals surface area contributed by atoms with E-state index in [0.717, 1.165) is 34.6 Å². The van der Waals surface area contributed by atoms with Gasteiger partial charge in [-0.2, -0.15) is 5.10 Å². The second-order valence-electron chi connectivity index (χ2n) is 6.22. The number of carbonyl (C=O) groups is 1. The molecule has 0 bridgehead atoms. The highest BCUT2D eigenvalue weighted by molar-refractivity contribution is 6.30. The van der Waals surface area contributed by atoms with E-state index < -0.39 is 0 Å². The molecule has 0 fully saturated rings. The Morgan fingerprint density at radius 1 is 1.23 bits per heavy atom. The average Bonchev–Trinajstić information content (AvgIpc) is 3.00. The smallest absolute Gasteiger partial charge is 0.272 e. The second-order valence-corrected chi connectivity index (χ2v) is 6.65. The first-order chi connectivity index (χ1) is 12.6. The predicted molar refractivity (Wildman–Crippen MR) is 100 cm³/mol. The van der Waals surface area contributed by atoms with Crippen molar-refractivity contribution < 1.29 is 9.53 Å². The maximum Gasteiger partial charge on any atom is 0.272 e. The normalized spacial score (nSPS) is 12.1. The van der Waals surface area contributed by atoms with Crippen molar-refractivity contribution in [1.82, 2.24) is 15.1 Å². The van der Waals surface area contributed by atoms with Gasteiger partial charge in [-0.05, 0) is 36.2 Å². The summed E-state index contributed by atoms with van der Waals surface area (Å²) in [6.45, 7) is 0.878. The monoisotopic (exact) mass is 367 g/mol. The average molecular weight is 368 g/mol. The molecule has 0 saturated heterocycles. The van der Waals surface area contributed by atoms with E-state index in [1.807, 2.05) is 55.6 Å². The summed E-state index contributed by atoms with van der Waals surface area (Å²) in [6, 6.07) is 15.4. The second kappa shape index (κ2) is 6.84. The number of amides is 1. The van der Waals surface area contributed by atoms with Gasteiger partial charge in [0.2, 0.25) is 0 Å². The topological polar surface area (TPSA) is 56.2 Å². The molecule has 1 aliphatic heterocycles. The number of rotatable bonds is 4. The van der Waals surface area contributed by atoms with E-state index in [9.17, 15) is 4.79 Å². The highest BCUT2D eigenvalue weighted by atomic mass is 35.5. The molecule has 2 aromatic carbocycles. The van der Waals surface area contributed by atoms with Crippen LogP contribution < -0.4 is 10.1 Å². The van der Waals surface area contributed by atoms with Gasteiger partial charge in [-0.15, -0.1) is 0 Å². The number of nitrogens with zero attached hydrogens (tertiary/aromatic N) is 2. The van der Waals surface area contributed by atoms with Gasteiger partial charge in [-0.1, -0.05) is 35.9 Å². The van der Waals surface area contributed by atoms with Crippen LogP contribution in [0.1, 0.15) is 21.6 Å². The van der Waals surface area contributed by atoms with E-state index in [4.69, 9.17) is 16.3 Å². The summed E-state index contributed by atoms with van der Waals surface area (Å²) in [7, 11) is 1.85. The first kappa shape index (κ1) is 16.7. The van der Waals surface area contributed by atoms with Crippen molar-refractivity contribution in [3.8, 4) is 17.0 Å². The number of ether oxygens (including phenoxy) is 1. The maximum atomic E-state index is 12.6. The lowest BCUT2D eigenvalue weighted by molar-refractivity contribution is 0.0946. The summed E-state index contributed by atoms with van der Waals surface area (Å²) in [6.07, 6.45) is 0.733. The van der Waals surface area contributed by atoms with E-state index in [0.29, 0.717) is 23.9 Å². The lowest BCUT2D eigenvalue weighted by atomic mass is 10.0. The number of para-hydroxylation sites is 1. The van der Waals surface area contributed by atoms with Crippen LogP contribution in [0.5, 0.6) is 5.75 Å². The highest BCUT2D eigenvalue weighted by Gasteiger charge is 2.27. The quantitative estimate of drug-likeness (QED) is 0.766. The van der Waals surface area contributed by atoms with Gasteiger partial charge in [-0.25, -0.2) is 0 Å². The minimum absolute atomic E-state index is 0.182. The van der Waals surface area contributed by atoms with Gasteiger partial charge >= 0.3 is 0 Å². The van der Waals surface area contributed by atoms with Crippen molar-refractivity contribution in [2.75, 3.05) is 6.54 Å². The number of carbonyl (C=O) groups excluding carboxylic acids is 1. The summed E-state index contributed by atoms with van der Waals surface area (Å²) in [5, 5.41) is 8.09. The first-order valence-corrected chi connectivity index (χ1v) is 8.82. The summed E-state index contributed by atoms with van der Waals surface area (Å²) in [5.41, 5.74) is 4.27. The van der Waals surface area contributed by atoms with Crippen molar-refractivity contribution in [2.45, 2.75) is 13.0 Å². The van der Waals surface area contributed by atoms with Gasteiger partial charge in [0.25, 0.3) is 5.91 Å². The van der Waals surface area contributed by atoms with Crippen LogP contribution in [-0.2, 0) is 20.1 Å². The van der Waals surface area contributed by atoms with E-state index in [1.165, 1.54) is 0 Å². The number of benzene rings is 2. The molecule has 26 heavy (non-hydrogen) atoms. The zero-order chi connectivity index (χ0) is 18.1. The Kier molecular flexibility index (Phi) is 4.39. The van der Waals surface area contributed by atoms with Crippen LogP contribution in [0.4, 0.5) is 0 Å². The molecule has 132 valence electrons. The fraction of sp³-hybridized carbons (Fsp3) is 0.200. The summed E-state index contributed by atoms with van der Waals surface area (Å²) >= 11 is 5.89. The van der Waals surface area contributed by atoms with Crippen molar-refractivity contribution in [3.63, 3.8) is 0 Å². The standard InChI is InChI=1S/C20H18ClN3O2/c1-24-19-15-4-2-3-5-17(15)26-12-16(19)18(23-24)20(25)22-11-10-13-6-8-14(21)9-7-13/h2-9H,10-12H2,1H3,(H,22,25). The number of aryl methyl sites for hydroxylation is 1. The van der Waals surface area contributed by atoms with Crippen LogP contribution >= 0.6 is 11.6 Å². The molecule has 2 heterocycles. The minimum atomic E-state index is -0.182. The number of aromatic nitrogens is 2. The molecule has 0 unspecified atom stereocenters. The molecule has 0 aliphatic carbocycles. The SMILES string of the molecule is Cn1nc(C(=O)NCCc2ccc(Cl)cc2)c2c1-c1ccccc1OC2. The largest absolute Gasteiger partial charge is 0.488 e. The number of nitrogens with one attached hydrogen (secondary N) is 1. The van der Waals surface area contributed by atoms with Gasteiger partial charge in [0.1, 0.15) is 12.4 Å². The van der Waals surface area contributed by atoms with Gasteiger partial charge in [0.05, 0.1) is 5.69 Å². The van der Waals surface area contributed by atoms with Crippen molar-refractivity contribution in [3.05, 3.63) is 70.4 Å². The zero-order valence-electron chi connectivity index (χ0n) is 14.3. The number of hydrogen-bond acceptors (Lipinski definition) is 3. The number of fused-ring (bicyclic) bond motifs is 3. The molecular formula is C20H18ClN3O2. The molecular weight excluding hydrogens is 350 g/mol. The fourth-order valence-corrected chi connectivity index (χ4v) is 3.34. The summed E-state index contributed by atoms with van der Waals surface area (Å²) in [4.78, 5) is 12.6. The van der Waals surface area contributed by atoms with Crippen LogP contribution in [0.15, 0.2) is 48.5 Å². The Morgan fingerprint density at radius 2 is 2.00 bits per heavy atom. The Morgan fingerprint density at radius 3 is 2.81 bits per heavy atom. The fourth-order valence-electron chi connectivity index (χ4n) is 3.22. The van der Waals surface area contributed by atoms with Crippen molar-refractivity contribution in [2.24, 2.45) is 7.05 Å². The Balaban J connectivity index is 1.50. The van der Waals surface area contributed by atoms with Crippen LogP contribution in [-0.4, -0.2) is 22.2 Å². The van der Waals surface area contributed by atoms with Gasteiger partial charge in [0.15, 0.2) is 5.69 Å². The maximum absolute atomic E-state index is 12.6. The van der Waals surface area contributed by atoms with E-state index in [-0.39, 0.29) is 5.91 Å². The molecule has 0 atom stereocenters. The molecule has 0 saturated carbocycles. The summed E-state index contributed by atoms with van der Waals surface area (Å²) in [5.74, 6) is 0.636. The Labute approximate surface area is 156 Å². The van der Waals surface area contributed by atoms with E-state index in [1.54, 1.807) is 4.68 Å². The highest BCUT2D eigenvalue weighted by Crippen LogP contribution is 2.38. The Hall–Kier alpha value is -2.79. The molecule has 1 amide bonds. The van der Waals surface area contributed by atoms with Crippen molar-refractivity contribution >= 4 is 17.5 Å². The molecule has 4 rings (SSSR count). The predicted octanol–water partition coefficient (Wildman–Crippen LogP) is 3.61. The van der Waals surface area contributed by atoms with Gasteiger partial charge in [-0.3, -0.25) is 9.48 Å². The van der Waals surface area contributed by atoms with Crippen LogP contribution in [0, 0.1) is 0 Å². The van der Waals surface area contributed by atoms with Crippen LogP contribution in [0.3, 0.4) is 0 Å². The van der Waals surface area contributed by atoms with Gasteiger partial charge in [0, 0.05) is 29.7 Å². The molecule has 1 N–H and O–H groups in total. The number of halogens is 1.